The second kappa shape index (κ2) is 8.82. The number of amides is 1. The number of anilines is 2. The molecule has 29 heavy (non-hydrogen) atoms. The molecule has 0 spiro atoms. The Balaban J connectivity index is 1.47. The third kappa shape index (κ3) is 4.77. The average Bonchev–Trinajstić information content (AvgIpc) is 2.74. The minimum atomic E-state index is -0.175. The van der Waals surface area contributed by atoms with Crippen molar-refractivity contribution in [3.63, 3.8) is 0 Å². The molecule has 2 N–H and O–H groups in total. The molecule has 0 atom stereocenters. The number of benzene rings is 1. The van der Waals surface area contributed by atoms with Crippen molar-refractivity contribution in [2.75, 3.05) is 11.9 Å². The maximum Gasteiger partial charge on any atom is 0.270 e. The second-order valence-corrected chi connectivity index (χ2v) is 7.31. The van der Waals surface area contributed by atoms with Crippen LogP contribution in [0.2, 0.25) is 0 Å². The number of carbonyl (C=O) groups is 1. The van der Waals surface area contributed by atoms with E-state index in [2.05, 4.69) is 31.7 Å². The van der Waals surface area contributed by atoms with Gasteiger partial charge in [-0.15, -0.1) is 0 Å². The van der Waals surface area contributed by atoms with Gasteiger partial charge in [0.1, 0.15) is 17.3 Å². The number of para-hydroxylation sites is 1. The molecule has 0 radical (unpaired) electrons. The highest BCUT2D eigenvalue weighted by Crippen LogP contribution is 2.24. The molecule has 1 aromatic carbocycles. The van der Waals surface area contributed by atoms with Gasteiger partial charge in [0.05, 0.1) is 11.2 Å². The summed E-state index contributed by atoms with van der Waals surface area (Å²) in [5, 5.41) is 7.31. The first-order valence-electron chi connectivity index (χ1n) is 10.1. The van der Waals surface area contributed by atoms with Crippen LogP contribution in [0, 0.1) is 6.92 Å². The average molecular weight is 387 g/mol. The van der Waals surface area contributed by atoms with Gasteiger partial charge in [0.15, 0.2) is 0 Å². The molecule has 6 nitrogen and oxygen atoms in total. The van der Waals surface area contributed by atoms with Crippen LogP contribution in [-0.2, 0) is 0 Å². The zero-order chi connectivity index (χ0) is 20.1. The molecule has 148 valence electrons. The van der Waals surface area contributed by atoms with Gasteiger partial charge in [-0.25, -0.2) is 9.97 Å². The highest BCUT2D eigenvalue weighted by atomic mass is 16.1. The maximum absolute atomic E-state index is 12.6. The molecule has 0 bridgehead atoms. The minimum Gasteiger partial charge on any atom is -0.350 e. The van der Waals surface area contributed by atoms with Crippen LogP contribution in [-0.4, -0.2) is 27.4 Å². The number of hydrogen-bond acceptors (Lipinski definition) is 5. The van der Waals surface area contributed by atoms with Crippen LogP contribution in [0.15, 0.2) is 54.2 Å². The summed E-state index contributed by atoms with van der Waals surface area (Å²) in [4.78, 5) is 25.8. The van der Waals surface area contributed by atoms with E-state index in [0.29, 0.717) is 23.9 Å². The lowest BCUT2D eigenvalue weighted by Crippen LogP contribution is -2.26. The molecule has 2 aromatic heterocycles. The fourth-order valence-corrected chi connectivity index (χ4v) is 3.65. The molecule has 0 saturated heterocycles. The fraction of sp³-hybridized carbons (Fsp3) is 0.304. The van der Waals surface area contributed by atoms with Crippen LogP contribution in [0.5, 0.6) is 0 Å². The summed E-state index contributed by atoms with van der Waals surface area (Å²) in [6.07, 6.45) is 9.82. The predicted molar refractivity (Wildman–Crippen MR) is 115 cm³/mol. The van der Waals surface area contributed by atoms with Gasteiger partial charge in [0.2, 0.25) is 0 Å². The van der Waals surface area contributed by atoms with Crippen molar-refractivity contribution in [1.82, 2.24) is 20.3 Å². The normalized spacial score (nSPS) is 13.8. The van der Waals surface area contributed by atoms with E-state index in [4.69, 9.17) is 0 Å². The summed E-state index contributed by atoms with van der Waals surface area (Å²) < 4.78 is 0. The van der Waals surface area contributed by atoms with E-state index in [1.807, 2.05) is 30.3 Å². The molecule has 0 fully saturated rings. The summed E-state index contributed by atoms with van der Waals surface area (Å²) in [6, 6.07) is 11.5. The Morgan fingerprint density at radius 2 is 2.03 bits per heavy atom. The summed E-state index contributed by atoms with van der Waals surface area (Å²) in [5.74, 6) is 0.949. The number of allylic oxidation sites excluding steroid dienone is 1. The van der Waals surface area contributed by atoms with E-state index in [1.165, 1.54) is 18.4 Å². The zero-order valence-electron chi connectivity index (χ0n) is 16.6. The molecule has 2 heterocycles. The van der Waals surface area contributed by atoms with Gasteiger partial charge in [-0.1, -0.05) is 29.8 Å². The number of carbonyl (C=O) groups excluding carboxylic acids is 1. The van der Waals surface area contributed by atoms with Gasteiger partial charge in [0, 0.05) is 24.2 Å². The molecule has 4 rings (SSSR count). The number of hydrogen-bond donors (Lipinski definition) is 2. The van der Waals surface area contributed by atoms with E-state index in [-0.39, 0.29) is 5.91 Å². The molecular formula is C23H25N5O. The summed E-state index contributed by atoms with van der Waals surface area (Å²) in [5.41, 5.74) is 3.52. The highest BCUT2D eigenvalue weighted by Gasteiger charge is 2.12. The lowest BCUT2D eigenvalue weighted by Gasteiger charge is -2.13. The molecular weight excluding hydrogens is 362 g/mol. The van der Waals surface area contributed by atoms with Gasteiger partial charge < -0.3 is 10.6 Å². The SMILES string of the molecule is Cc1nc(Nc2cccc3cccnc23)cc(C(=O)NCCC2=CCCCC2)n1. The van der Waals surface area contributed by atoms with E-state index in [1.54, 1.807) is 19.2 Å². The van der Waals surface area contributed by atoms with Crippen molar-refractivity contribution in [2.24, 2.45) is 0 Å². The van der Waals surface area contributed by atoms with Crippen molar-refractivity contribution in [2.45, 2.75) is 39.0 Å². The predicted octanol–water partition coefficient (Wildman–Crippen LogP) is 4.70. The summed E-state index contributed by atoms with van der Waals surface area (Å²) >= 11 is 0. The van der Waals surface area contributed by atoms with Crippen LogP contribution in [0.4, 0.5) is 11.5 Å². The van der Waals surface area contributed by atoms with Crippen LogP contribution < -0.4 is 10.6 Å². The molecule has 6 heteroatoms. The molecule has 0 aliphatic heterocycles. The number of rotatable bonds is 6. The smallest absolute Gasteiger partial charge is 0.270 e. The summed E-state index contributed by atoms with van der Waals surface area (Å²) in [6.45, 7) is 2.42. The molecule has 1 amide bonds. The van der Waals surface area contributed by atoms with Gasteiger partial charge >= 0.3 is 0 Å². The number of nitrogens with one attached hydrogen (secondary N) is 2. The Bertz CT molecular complexity index is 1050. The van der Waals surface area contributed by atoms with Crippen molar-refractivity contribution in [3.8, 4) is 0 Å². The molecule has 3 aromatic rings. The van der Waals surface area contributed by atoms with Crippen LogP contribution >= 0.6 is 0 Å². The lowest BCUT2D eigenvalue weighted by atomic mass is 9.97. The standard InChI is InChI=1S/C23H25N5O/c1-16-26-20(23(29)25-14-12-17-7-3-2-4-8-17)15-21(27-16)28-19-11-5-9-18-10-6-13-24-22(18)19/h5-7,9-11,13,15H,2-4,8,12,14H2,1H3,(H,25,29)(H,26,27,28). The van der Waals surface area contributed by atoms with Gasteiger partial charge in [-0.3, -0.25) is 9.78 Å². The largest absolute Gasteiger partial charge is 0.350 e. The molecule has 0 saturated carbocycles. The number of pyridine rings is 1. The second-order valence-electron chi connectivity index (χ2n) is 7.31. The number of fused-ring (bicyclic) bond motifs is 1. The first-order chi connectivity index (χ1) is 14.2. The first-order valence-corrected chi connectivity index (χ1v) is 10.1. The first kappa shape index (κ1) is 19.1. The third-order valence-corrected chi connectivity index (χ3v) is 5.08. The van der Waals surface area contributed by atoms with E-state index < -0.39 is 0 Å². The van der Waals surface area contributed by atoms with Crippen molar-refractivity contribution in [3.05, 3.63) is 65.8 Å². The maximum atomic E-state index is 12.6. The Morgan fingerprint density at radius 3 is 2.90 bits per heavy atom. The Labute approximate surface area is 170 Å². The van der Waals surface area contributed by atoms with Crippen LogP contribution in [0.3, 0.4) is 0 Å². The van der Waals surface area contributed by atoms with Gasteiger partial charge in [-0.2, -0.15) is 0 Å². The van der Waals surface area contributed by atoms with E-state index >= 15 is 0 Å². The van der Waals surface area contributed by atoms with Crippen molar-refractivity contribution in [1.29, 1.82) is 0 Å². The number of aryl methyl sites for hydroxylation is 1. The van der Waals surface area contributed by atoms with E-state index in [0.717, 1.165) is 35.9 Å². The monoisotopic (exact) mass is 387 g/mol. The summed E-state index contributed by atoms with van der Waals surface area (Å²) in [7, 11) is 0. The number of nitrogens with zero attached hydrogens (tertiary/aromatic N) is 3. The minimum absolute atomic E-state index is 0.175. The molecule has 0 unspecified atom stereocenters. The Morgan fingerprint density at radius 1 is 1.14 bits per heavy atom. The quantitative estimate of drug-likeness (QED) is 0.600. The zero-order valence-corrected chi connectivity index (χ0v) is 16.6. The molecule has 1 aliphatic rings. The van der Waals surface area contributed by atoms with Crippen molar-refractivity contribution < 1.29 is 4.79 Å². The van der Waals surface area contributed by atoms with Crippen molar-refractivity contribution >= 4 is 28.3 Å². The lowest BCUT2D eigenvalue weighted by molar-refractivity contribution is 0.0948. The highest BCUT2D eigenvalue weighted by molar-refractivity contribution is 5.94. The van der Waals surface area contributed by atoms with Crippen LogP contribution in [0.25, 0.3) is 10.9 Å². The molecule has 1 aliphatic carbocycles. The fourth-order valence-electron chi connectivity index (χ4n) is 3.65. The Hall–Kier alpha value is -3.28. The topological polar surface area (TPSA) is 79.8 Å². The van der Waals surface area contributed by atoms with E-state index in [9.17, 15) is 4.79 Å². The van der Waals surface area contributed by atoms with Gasteiger partial charge in [-0.05, 0) is 51.2 Å². The number of aromatic nitrogens is 3. The van der Waals surface area contributed by atoms with Gasteiger partial charge in [0.25, 0.3) is 5.91 Å². The van der Waals surface area contributed by atoms with Crippen LogP contribution in [0.1, 0.15) is 48.4 Å². The Kier molecular flexibility index (Phi) is 5.79. The third-order valence-electron chi connectivity index (χ3n) is 5.08.